The van der Waals surface area contributed by atoms with E-state index in [0.29, 0.717) is 5.54 Å². The molecule has 0 aliphatic carbocycles. The largest absolute Gasteiger partial charge is 0.381 e. The molecule has 2 N–H and O–H groups in total. The predicted octanol–water partition coefficient (Wildman–Crippen LogP) is 1.14. The summed E-state index contributed by atoms with van der Waals surface area (Å²) in [5.41, 5.74) is 0.329. The smallest absolute Gasteiger partial charge is 0.0483 e. The maximum atomic E-state index is 5.40. The van der Waals surface area contributed by atoms with Crippen molar-refractivity contribution in [1.29, 1.82) is 0 Å². The molecule has 3 heteroatoms. The van der Waals surface area contributed by atoms with E-state index in [0.717, 1.165) is 32.0 Å². The van der Waals surface area contributed by atoms with Gasteiger partial charge >= 0.3 is 0 Å². The zero-order valence-corrected chi connectivity index (χ0v) is 9.85. The van der Waals surface area contributed by atoms with Crippen molar-refractivity contribution in [3.05, 3.63) is 0 Å². The van der Waals surface area contributed by atoms with Crippen molar-refractivity contribution in [2.45, 2.75) is 38.1 Å². The quantitative estimate of drug-likeness (QED) is 0.736. The van der Waals surface area contributed by atoms with Crippen molar-refractivity contribution in [3.63, 3.8) is 0 Å². The third-order valence-corrected chi connectivity index (χ3v) is 3.81. The Bertz CT molecular complexity index is 184. The zero-order chi connectivity index (χ0) is 10.6. The molecule has 0 aromatic heterocycles. The van der Waals surface area contributed by atoms with Gasteiger partial charge in [0.15, 0.2) is 0 Å². The maximum Gasteiger partial charge on any atom is 0.0483 e. The van der Waals surface area contributed by atoms with E-state index in [1.54, 1.807) is 0 Å². The summed E-state index contributed by atoms with van der Waals surface area (Å²) in [7, 11) is 0. The molecule has 2 heterocycles. The van der Waals surface area contributed by atoms with Gasteiger partial charge in [0.25, 0.3) is 0 Å². The van der Waals surface area contributed by atoms with Gasteiger partial charge in [-0.1, -0.05) is 0 Å². The van der Waals surface area contributed by atoms with Crippen molar-refractivity contribution in [2.24, 2.45) is 5.92 Å². The van der Waals surface area contributed by atoms with Gasteiger partial charge in [-0.2, -0.15) is 0 Å². The molecular weight excluding hydrogens is 188 g/mol. The van der Waals surface area contributed by atoms with Crippen molar-refractivity contribution >= 4 is 0 Å². The summed E-state index contributed by atoms with van der Waals surface area (Å²) in [6.07, 6.45) is 5.04. The molecule has 0 aromatic rings. The summed E-state index contributed by atoms with van der Waals surface area (Å²) in [6, 6.07) is 0. The normalized spacial score (nSPS) is 31.4. The summed E-state index contributed by atoms with van der Waals surface area (Å²) in [4.78, 5) is 0. The fourth-order valence-corrected chi connectivity index (χ4v) is 2.49. The van der Waals surface area contributed by atoms with Crippen LogP contribution in [0.5, 0.6) is 0 Å². The molecular formula is C12H24N2O. The molecule has 0 saturated carbocycles. The number of piperidine rings is 1. The molecule has 0 bridgehead atoms. The minimum Gasteiger partial charge on any atom is -0.381 e. The third kappa shape index (κ3) is 3.44. The van der Waals surface area contributed by atoms with Gasteiger partial charge in [0, 0.05) is 18.8 Å². The first-order chi connectivity index (χ1) is 7.29. The lowest BCUT2D eigenvalue weighted by Gasteiger charge is -2.36. The van der Waals surface area contributed by atoms with Crippen molar-refractivity contribution < 1.29 is 4.74 Å². The highest BCUT2D eigenvalue weighted by Gasteiger charge is 2.27. The van der Waals surface area contributed by atoms with E-state index >= 15 is 0 Å². The van der Waals surface area contributed by atoms with Crippen LogP contribution in [-0.2, 0) is 4.74 Å². The number of rotatable bonds is 3. The van der Waals surface area contributed by atoms with Gasteiger partial charge in [-0.15, -0.1) is 0 Å². The Balaban J connectivity index is 1.70. The van der Waals surface area contributed by atoms with Crippen molar-refractivity contribution in [1.82, 2.24) is 10.6 Å². The average Bonchev–Trinajstić information content (AvgIpc) is 2.29. The summed E-state index contributed by atoms with van der Waals surface area (Å²) in [5.74, 6) is 0.832. The summed E-state index contributed by atoms with van der Waals surface area (Å²) in [6.45, 7) is 7.76. The molecule has 2 saturated heterocycles. The Morgan fingerprint density at radius 1 is 1.40 bits per heavy atom. The topological polar surface area (TPSA) is 33.3 Å². The summed E-state index contributed by atoms with van der Waals surface area (Å²) in [5, 5.41) is 7.22. The Hall–Kier alpha value is -0.120. The van der Waals surface area contributed by atoms with Crippen molar-refractivity contribution in [2.75, 3.05) is 32.8 Å². The highest BCUT2D eigenvalue weighted by molar-refractivity contribution is 4.86. The van der Waals surface area contributed by atoms with Gasteiger partial charge in [-0.3, -0.25) is 0 Å². The average molecular weight is 212 g/mol. The fourth-order valence-electron chi connectivity index (χ4n) is 2.49. The van der Waals surface area contributed by atoms with E-state index < -0.39 is 0 Å². The first-order valence-electron chi connectivity index (χ1n) is 6.32. The van der Waals surface area contributed by atoms with Crippen LogP contribution in [0.3, 0.4) is 0 Å². The molecule has 1 atom stereocenters. The number of nitrogens with one attached hydrogen (secondary N) is 2. The van der Waals surface area contributed by atoms with Gasteiger partial charge in [-0.25, -0.2) is 0 Å². The second-order valence-corrected chi connectivity index (χ2v) is 5.27. The molecule has 2 aliphatic rings. The summed E-state index contributed by atoms with van der Waals surface area (Å²) < 4.78 is 5.40. The molecule has 88 valence electrons. The van der Waals surface area contributed by atoms with Gasteiger partial charge in [-0.05, 0) is 58.2 Å². The van der Waals surface area contributed by atoms with E-state index in [4.69, 9.17) is 4.74 Å². The molecule has 2 rings (SSSR count). The predicted molar refractivity (Wildman–Crippen MR) is 62.1 cm³/mol. The van der Waals surface area contributed by atoms with Crippen LogP contribution in [0, 0.1) is 5.92 Å². The van der Waals surface area contributed by atoms with E-state index in [9.17, 15) is 0 Å². The number of hydrogen-bond donors (Lipinski definition) is 2. The van der Waals surface area contributed by atoms with Gasteiger partial charge in [0.2, 0.25) is 0 Å². The number of hydrogen-bond acceptors (Lipinski definition) is 3. The van der Waals surface area contributed by atoms with Crippen LogP contribution in [0.1, 0.15) is 32.6 Å². The van der Waals surface area contributed by atoms with Crippen LogP contribution in [0.2, 0.25) is 0 Å². The van der Waals surface area contributed by atoms with Gasteiger partial charge < -0.3 is 15.4 Å². The summed E-state index contributed by atoms with van der Waals surface area (Å²) >= 11 is 0. The van der Waals surface area contributed by atoms with E-state index in [-0.39, 0.29) is 0 Å². The lowest BCUT2D eigenvalue weighted by Crippen LogP contribution is -2.50. The van der Waals surface area contributed by atoms with E-state index in [2.05, 4.69) is 17.6 Å². The minimum atomic E-state index is 0.329. The highest BCUT2D eigenvalue weighted by atomic mass is 16.5. The second-order valence-electron chi connectivity index (χ2n) is 5.27. The first kappa shape index (κ1) is 11.4. The van der Waals surface area contributed by atoms with Crippen LogP contribution in [0.25, 0.3) is 0 Å². The van der Waals surface area contributed by atoms with Crippen LogP contribution in [-0.4, -0.2) is 38.4 Å². The standard InChI is InChI=1S/C12H24N2O/c1-12(4-7-15-8-5-12)14-10-11-3-2-6-13-9-11/h11,13-14H,2-10H2,1H3. The molecule has 0 aromatic carbocycles. The van der Waals surface area contributed by atoms with Gasteiger partial charge in [0.05, 0.1) is 0 Å². The maximum absolute atomic E-state index is 5.40. The van der Waals surface area contributed by atoms with Crippen molar-refractivity contribution in [3.8, 4) is 0 Å². The highest BCUT2D eigenvalue weighted by Crippen LogP contribution is 2.20. The lowest BCUT2D eigenvalue weighted by atomic mass is 9.91. The number of ether oxygens (including phenoxy) is 1. The van der Waals surface area contributed by atoms with E-state index in [1.807, 2.05) is 0 Å². The van der Waals surface area contributed by atoms with Gasteiger partial charge in [0.1, 0.15) is 0 Å². The van der Waals surface area contributed by atoms with Crippen LogP contribution in [0.15, 0.2) is 0 Å². The monoisotopic (exact) mass is 212 g/mol. The van der Waals surface area contributed by atoms with Crippen LogP contribution in [0.4, 0.5) is 0 Å². The Morgan fingerprint density at radius 3 is 2.87 bits per heavy atom. The minimum absolute atomic E-state index is 0.329. The first-order valence-corrected chi connectivity index (χ1v) is 6.32. The Morgan fingerprint density at radius 2 is 2.20 bits per heavy atom. The Labute approximate surface area is 93.0 Å². The fraction of sp³-hybridized carbons (Fsp3) is 1.00. The second kappa shape index (κ2) is 5.28. The molecule has 15 heavy (non-hydrogen) atoms. The van der Waals surface area contributed by atoms with E-state index in [1.165, 1.54) is 32.5 Å². The Kier molecular flexibility index (Phi) is 4.00. The van der Waals surface area contributed by atoms with Crippen LogP contribution >= 0.6 is 0 Å². The molecule has 2 aliphatic heterocycles. The SMILES string of the molecule is CC1(NCC2CCCNC2)CCOCC1. The molecule has 0 spiro atoms. The molecule has 2 fully saturated rings. The molecule has 1 unspecified atom stereocenters. The molecule has 0 radical (unpaired) electrons. The lowest BCUT2D eigenvalue weighted by molar-refractivity contribution is 0.0433. The molecule has 0 amide bonds. The molecule has 3 nitrogen and oxygen atoms in total. The third-order valence-electron chi connectivity index (χ3n) is 3.81. The van der Waals surface area contributed by atoms with Crippen LogP contribution < -0.4 is 10.6 Å². The zero-order valence-electron chi connectivity index (χ0n) is 9.85.